The lowest BCUT2D eigenvalue weighted by Gasteiger charge is -2.06. The van der Waals surface area contributed by atoms with Crippen LogP contribution in [0.5, 0.6) is 0 Å². The van der Waals surface area contributed by atoms with Crippen molar-refractivity contribution >= 4 is 39.0 Å². The molecule has 0 amide bonds. The van der Waals surface area contributed by atoms with E-state index in [0.29, 0.717) is 10.6 Å². The highest BCUT2D eigenvalue weighted by atomic mass is 35.5. The Balaban J connectivity index is 2.29. The molecule has 0 unspecified atom stereocenters. The van der Waals surface area contributed by atoms with Crippen molar-refractivity contribution in [1.29, 1.82) is 0 Å². The molecule has 0 aliphatic carbocycles. The first-order chi connectivity index (χ1) is 9.15. The van der Waals surface area contributed by atoms with Crippen LogP contribution in [0.15, 0.2) is 47.8 Å². The molecule has 3 aromatic rings. The summed E-state index contributed by atoms with van der Waals surface area (Å²) in [7, 11) is 0. The first kappa shape index (κ1) is 12.2. The average Bonchev–Trinajstić information content (AvgIpc) is 2.86. The third-order valence-electron chi connectivity index (χ3n) is 2.97. The average molecular weight is 289 g/mol. The Morgan fingerprint density at radius 1 is 1.11 bits per heavy atom. The molecule has 1 N–H and O–H groups in total. The van der Waals surface area contributed by atoms with E-state index in [1.54, 1.807) is 23.5 Å². The smallest absolute Gasteiger partial charge is 0.335 e. The molecule has 94 valence electrons. The molecular weight excluding hydrogens is 280 g/mol. The van der Waals surface area contributed by atoms with Crippen LogP contribution in [-0.4, -0.2) is 11.1 Å². The van der Waals surface area contributed by atoms with Gasteiger partial charge in [0.15, 0.2) is 0 Å². The molecule has 19 heavy (non-hydrogen) atoms. The van der Waals surface area contributed by atoms with Gasteiger partial charge < -0.3 is 5.11 Å². The quantitative estimate of drug-likeness (QED) is 0.727. The van der Waals surface area contributed by atoms with E-state index in [0.717, 1.165) is 21.2 Å². The number of benzene rings is 2. The maximum atomic E-state index is 11.2. The largest absolute Gasteiger partial charge is 0.478 e. The summed E-state index contributed by atoms with van der Waals surface area (Å²) >= 11 is 7.43. The van der Waals surface area contributed by atoms with Gasteiger partial charge in [-0.3, -0.25) is 0 Å². The van der Waals surface area contributed by atoms with Crippen molar-refractivity contribution in [3.8, 4) is 11.1 Å². The lowest BCUT2D eigenvalue weighted by Crippen LogP contribution is -1.96. The van der Waals surface area contributed by atoms with Gasteiger partial charge in [-0.15, -0.1) is 11.3 Å². The summed E-state index contributed by atoms with van der Waals surface area (Å²) in [6.45, 7) is 0. The predicted molar refractivity (Wildman–Crippen MR) is 79.2 cm³/mol. The van der Waals surface area contributed by atoms with Crippen molar-refractivity contribution < 1.29 is 9.90 Å². The van der Waals surface area contributed by atoms with Crippen LogP contribution in [0.2, 0.25) is 5.02 Å². The van der Waals surface area contributed by atoms with E-state index in [9.17, 15) is 9.90 Å². The minimum absolute atomic E-state index is 0.305. The van der Waals surface area contributed by atoms with Crippen LogP contribution in [0.1, 0.15) is 10.4 Å². The fourth-order valence-electron chi connectivity index (χ4n) is 2.06. The summed E-state index contributed by atoms with van der Waals surface area (Å²) in [6.07, 6.45) is 0. The Hall–Kier alpha value is -1.84. The summed E-state index contributed by atoms with van der Waals surface area (Å²) < 4.78 is 0.977. The van der Waals surface area contributed by atoms with Crippen LogP contribution >= 0.6 is 22.9 Å². The second-order valence-corrected chi connectivity index (χ2v) is 5.55. The van der Waals surface area contributed by atoms with Gasteiger partial charge in [-0.05, 0) is 46.8 Å². The Bertz CT molecular complexity index is 759. The number of thiophene rings is 1. The van der Waals surface area contributed by atoms with E-state index < -0.39 is 5.97 Å². The van der Waals surface area contributed by atoms with E-state index >= 15 is 0 Å². The molecule has 0 aliphatic heterocycles. The highest BCUT2D eigenvalue weighted by molar-refractivity contribution is 7.17. The van der Waals surface area contributed by atoms with E-state index in [1.165, 1.54) is 0 Å². The SMILES string of the molecule is O=C(O)c1cc(-c2ccc(Cl)cc2)c2ccsc2c1. The number of carboxylic acids is 1. The topological polar surface area (TPSA) is 37.3 Å². The third kappa shape index (κ3) is 2.23. The molecule has 0 aliphatic rings. The number of rotatable bonds is 2. The number of hydrogen-bond donors (Lipinski definition) is 1. The van der Waals surface area contributed by atoms with Crippen molar-refractivity contribution in [2.75, 3.05) is 0 Å². The van der Waals surface area contributed by atoms with Crippen molar-refractivity contribution in [3.63, 3.8) is 0 Å². The third-order valence-corrected chi connectivity index (χ3v) is 4.09. The Kier molecular flexibility index (Phi) is 3.01. The number of hydrogen-bond acceptors (Lipinski definition) is 2. The van der Waals surface area contributed by atoms with Gasteiger partial charge in [0.1, 0.15) is 0 Å². The summed E-state index contributed by atoms with van der Waals surface area (Å²) in [5, 5.41) is 12.9. The van der Waals surface area contributed by atoms with Crippen LogP contribution in [0, 0.1) is 0 Å². The molecule has 0 bridgehead atoms. The van der Waals surface area contributed by atoms with Gasteiger partial charge in [-0.2, -0.15) is 0 Å². The lowest BCUT2D eigenvalue weighted by atomic mass is 9.99. The number of carboxylic acid groups (broad SMARTS) is 1. The normalized spacial score (nSPS) is 10.8. The summed E-state index contributed by atoms with van der Waals surface area (Å²) in [4.78, 5) is 11.2. The molecule has 0 saturated carbocycles. The zero-order chi connectivity index (χ0) is 13.4. The molecule has 3 rings (SSSR count). The molecule has 0 spiro atoms. The second kappa shape index (κ2) is 4.68. The van der Waals surface area contributed by atoms with Crippen LogP contribution in [0.4, 0.5) is 0 Å². The number of aromatic carboxylic acids is 1. The first-order valence-corrected chi connectivity index (χ1v) is 6.91. The van der Waals surface area contributed by atoms with Gasteiger partial charge in [0.05, 0.1) is 5.56 Å². The van der Waals surface area contributed by atoms with Gasteiger partial charge in [0.2, 0.25) is 0 Å². The highest BCUT2D eigenvalue weighted by Crippen LogP contribution is 2.33. The van der Waals surface area contributed by atoms with Crippen LogP contribution in [-0.2, 0) is 0 Å². The van der Waals surface area contributed by atoms with Gasteiger partial charge in [-0.25, -0.2) is 4.79 Å². The fourth-order valence-corrected chi connectivity index (χ4v) is 3.04. The van der Waals surface area contributed by atoms with Gasteiger partial charge >= 0.3 is 5.97 Å². The van der Waals surface area contributed by atoms with Gasteiger partial charge in [-0.1, -0.05) is 23.7 Å². The fraction of sp³-hybridized carbons (Fsp3) is 0. The predicted octanol–water partition coefficient (Wildman–Crippen LogP) is 4.92. The molecular formula is C15H9ClO2S. The van der Waals surface area contributed by atoms with Crippen LogP contribution in [0.3, 0.4) is 0 Å². The maximum absolute atomic E-state index is 11.2. The van der Waals surface area contributed by atoms with E-state index in [-0.39, 0.29) is 0 Å². The van der Waals surface area contributed by atoms with Crippen molar-refractivity contribution in [2.45, 2.75) is 0 Å². The molecule has 0 atom stereocenters. The summed E-state index contributed by atoms with van der Waals surface area (Å²) in [5.41, 5.74) is 2.20. The first-order valence-electron chi connectivity index (χ1n) is 5.65. The molecule has 0 radical (unpaired) electrons. The zero-order valence-electron chi connectivity index (χ0n) is 9.76. The number of halogens is 1. The van der Waals surface area contributed by atoms with Gasteiger partial charge in [0, 0.05) is 15.1 Å². The minimum Gasteiger partial charge on any atom is -0.478 e. The molecule has 2 aromatic carbocycles. The van der Waals surface area contributed by atoms with Gasteiger partial charge in [0.25, 0.3) is 0 Å². The summed E-state index contributed by atoms with van der Waals surface area (Å²) in [6, 6.07) is 12.9. The summed E-state index contributed by atoms with van der Waals surface area (Å²) in [5.74, 6) is -0.912. The Morgan fingerprint density at radius 2 is 1.84 bits per heavy atom. The highest BCUT2D eigenvalue weighted by Gasteiger charge is 2.11. The standard InChI is InChI=1S/C15H9ClO2S/c16-11-3-1-9(2-4-11)13-7-10(15(17)18)8-14-12(13)5-6-19-14/h1-8H,(H,17,18). The second-order valence-electron chi connectivity index (χ2n) is 4.17. The molecule has 0 saturated heterocycles. The lowest BCUT2D eigenvalue weighted by molar-refractivity contribution is 0.0697. The maximum Gasteiger partial charge on any atom is 0.335 e. The van der Waals surface area contributed by atoms with E-state index in [1.807, 2.05) is 35.7 Å². The molecule has 1 aromatic heterocycles. The zero-order valence-corrected chi connectivity index (χ0v) is 11.3. The molecule has 1 heterocycles. The van der Waals surface area contributed by atoms with Crippen molar-refractivity contribution in [3.05, 3.63) is 58.4 Å². The monoisotopic (exact) mass is 288 g/mol. The van der Waals surface area contributed by atoms with E-state index in [2.05, 4.69) is 0 Å². The number of fused-ring (bicyclic) bond motifs is 1. The molecule has 2 nitrogen and oxygen atoms in total. The molecule has 4 heteroatoms. The minimum atomic E-state index is -0.912. The van der Waals surface area contributed by atoms with Crippen molar-refractivity contribution in [2.24, 2.45) is 0 Å². The Labute approximate surface area is 118 Å². The van der Waals surface area contributed by atoms with E-state index in [4.69, 9.17) is 11.6 Å². The molecule has 0 fully saturated rings. The van der Waals surface area contributed by atoms with Crippen LogP contribution in [0.25, 0.3) is 21.2 Å². The van der Waals surface area contributed by atoms with Crippen LogP contribution < -0.4 is 0 Å². The number of carbonyl (C=O) groups is 1. The Morgan fingerprint density at radius 3 is 2.53 bits per heavy atom. The van der Waals surface area contributed by atoms with Crippen molar-refractivity contribution in [1.82, 2.24) is 0 Å².